The highest BCUT2D eigenvalue weighted by molar-refractivity contribution is 7.94. The molecule has 0 radical (unpaired) electrons. The summed E-state index contributed by atoms with van der Waals surface area (Å²) in [5, 5.41) is 12.8. The highest BCUT2D eigenvalue weighted by Crippen LogP contribution is 2.42. The third-order valence-corrected chi connectivity index (χ3v) is 7.60. The minimum atomic E-state index is -3.96. The van der Waals surface area contributed by atoms with E-state index < -0.39 is 16.1 Å². The van der Waals surface area contributed by atoms with Crippen molar-refractivity contribution in [2.24, 2.45) is 0 Å². The van der Waals surface area contributed by atoms with Crippen LogP contribution in [0.1, 0.15) is 13.3 Å². The highest BCUT2D eigenvalue weighted by Gasteiger charge is 2.22. The lowest BCUT2D eigenvalue weighted by Crippen LogP contribution is -2.15. The molecule has 11 nitrogen and oxygen atoms in total. The van der Waals surface area contributed by atoms with E-state index in [2.05, 4.69) is 25.0 Å². The van der Waals surface area contributed by atoms with E-state index in [9.17, 15) is 13.5 Å². The van der Waals surface area contributed by atoms with Gasteiger partial charge in [0, 0.05) is 18.6 Å². The number of ether oxygens (including phenoxy) is 3. The molecule has 2 aromatic heterocycles. The van der Waals surface area contributed by atoms with Crippen molar-refractivity contribution in [1.29, 1.82) is 0 Å². The van der Waals surface area contributed by atoms with Crippen LogP contribution in [0.4, 0.5) is 17.3 Å². The average Bonchev–Trinajstić information content (AvgIpc) is 3.41. The maximum atomic E-state index is 13.0. The number of hydrogen-bond donors (Lipinski definition) is 3. The quantitative estimate of drug-likeness (QED) is 0.261. The molecule has 36 heavy (non-hydrogen) atoms. The lowest BCUT2D eigenvalue weighted by molar-refractivity contribution is 0.154. The van der Waals surface area contributed by atoms with Crippen molar-refractivity contribution in [3.05, 3.63) is 48.1 Å². The van der Waals surface area contributed by atoms with Gasteiger partial charge in [-0.25, -0.2) is 18.4 Å². The van der Waals surface area contributed by atoms with Gasteiger partial charge in [-0.15, -0.1) is 11.3 Å². The summed E-state index contributed by atoms with van der Waals surface area (Å²) in [7, 11) is -0.956. The maximum absolute atomic E-state index is 13.0. The lowest BCUT2D eigenvalue weighted by Gasteiger charge is -2.19. The van der Waals surface area contributed by atoms with E-state index in [1.165, 1.54) is 25.9 Å². The Balaban J connectivity index is 1.80. The average molecular weight is 532 g/mol. The topological polar surface area (TPSA) is 145 Å². The van der Waals surface area contributed by atoms with Crippen molar-refractivity contribution in [1.82, 2.24) is 15.0 Å². The number of sulfonamides is 1. The summed E-state index contributed by atoms with van der Waals surface area (Å²) >= 11 is 0.983. The van der Waals surface area contributed by atoms with Crippen LogP contribution in [0.5, 0.6) is 17.2 Å². The van der Waals surface area contributed by atoms with Gasteiger partial charge in [-0.2, -0.15) is 0 Å². The summed E-state index contributed by atoms with van der Waals surface area (Å²) < 4.78 is 45.3. The number of aliphatic hydroxyl groups excluding tert-OH is 1. The van der Waals surface area contributed by atoms with Gasteiger partial charge >= 0.3 is 0 Å². The monoisotopic (exact) mass is 531 g/mol. The molecule has 4 aromatic rings. The van der Waals surface area contributed by atoms with Gasteiger partial charge in [-0.1, -0.05) is 12.1 Å². The smallest absolute Gasteiger partial charge is 0.274 e. The van der Waals surface area contributed by atoms with E-state index in [1.54, 1.807) is 43.3 Å². The number of benzene rings is 2. The number of methoxy groups -OCH3 is 2. The number of thiazole rings is 1. The van der Waals surface area contributed by atoms with Crippen LogP contribution in [0.25, 0.3) is 11.0 Å². The molecular weight excluding hydrogens is 506 g/mol. The van der Waals surface area contributed by atoms with Crippen LogP contribution in [0.2, 0.25) is 0 Å². The first-order valence-electron chi connectivity index (χ1n) is 10.8. The number of aliphatic hydroxyl groups is 1. The maximum Gasteiger partial charge on any atom is 0.274 e. The number of anilines is 3. The third-order valence-electron chi connectivity index (χ3n) is 5.00. The molecule has 0 spiro atoms. The van der Waals surface area contributed by atoms with Crippen LogP contribution in [0.15, 0.2) is 52.3 Å². The Morgan fingerprint density at radius 1 is 1.08 bits per heavy atom. The standard InChI is InChI=1S/C23H25N5O6S2/c1-14(29)8-9-34-21-18(10-15(32-2)11-19(21)33-3)27-22-23(26-17-7-5-4-6-16(17)25-22)28-36(30,31)20-12-24-13-35-20/h4-7,10-14,29H,8-9H2,1-3H3,(H,25,27)(H,26,28). The lowest BCUT2D eigenvalue weighted by atomic mass is 10.2. The molecule has 190 valence electrons. The molecule has 0 amide bonds. The predicted molar refractivity (Wildman–Crippen MR) is 137 cm³/mol. The van der Waals surface area contributed by atoms with E-state index in [0.29, 0.717) is 40.4 Å². The molecule has 0 aliphatic carbocycles. The summed E-state index contributed by atoms with van der Waals surface area (Å²) in [5.74, 6) is 1.31. The molecule has 2 heterocycles. The molecule has 0 saturated heterocycles. The number of rotatable bonds is 11. The van der Waals surface area contributed by atoms with Crippen molar-refractivity contribution in [3.63, 3.8) is 0 Å². The fourth-order valence-corrected chi connectivity index (χ4v) is 5.03. The molecule has 0 saturated carbocycles. The Morgan fingerprint density at radius 2 is 1.81 bits per heavy atom. The molecule has 13 heteroatoms. The minimum absolute atomic E-state index is 0.0150. The van der Waals surface area contributed by atoms with Gasteiger partial charge in [-0.05, 0) is 19.1 Å². The molecule has 2 aromatic carbocycles. The van der Waals surface area contributed by atoms with Crippen LogP contribution in [0, 0.1) is 0 Å². The molecule has 3 N–H and O–H groups in total. The van der Waals surface area contributed by atoms with Crippen molar-refractivity contribution >= 4 is 49.7 Å². The Kier molecular flexibility index (Phi) is 7.72. The van der Waals surface area contributed by atoms with Gasteiger partial charge < -0.3 is 24.6 Å². The summed E-state index contributed by atoms with van der Waals surface area (Å²) in [6, 6.07) is 10.4. The second-order valence-corrected chi connectivity index (χ2v) is 10.4. The molecule has 1 unspecified atom stereocenters. The fourth-order valence-electron chi connectivity index (χ4n) is 3.22. The molecule has 1 atom stereocenters. The van der Waals surface area contributed by atoms with Crippen LogP contribution < -0.4 is 24.2 Å². The molecule has 4 rings (SSSR count). The minimum Gasteiger partial charge on any atom is -0.497 e. The Labute approximate surface area is 212 Å². The van der Waals surface area contributed by atoms with E-state index >= 15 is 0 Å². The van der Waals surface area contributed by atoms with Gasteiger partial charge in [0.15, 0.2) is 27.3 Å². The number of fused-ring (bicyclic) bond motifs is 1. The zero-order valence-corrected chi connectivity index (χ0v) is 21.4. The van der Waals surface area contributed by atoms with E-state index in [-0.39, 0.29) is 22.5 Å². The van der Waals surface area contributed by atoms with Crippen molar-refractivity contribution in [2.75, 3.05) is 30.9 Å². The molecule has 0 aliphatic heterocycles. The van der Waals surface area contributed by atoms with Crippen LogP contribution in [-0.2, 0) is 10.0 Å². The van der Waals surface area contributed by atoms with Crippen molar-refractivity contribution < 1.29 is 27.7 Å². The van der Waals surface area contributed by atoms with E-state index in [4.69, 9.17) is 14.2 Å². The van der Waals surface area contributed by atoms with Gasteiger partial charge in [0.2, 0.25) is 0 Å². The molecule has 0 bridgehead atoms. The Morgan fingerprint density at radius 3 is 2.42 bits per heavy atom. The van der Waals surface area contributed by atoms with Crippen LogP contribution >= 0.6 is 11.3 Å². The predicted octanol–water partition coefficient (Wildman–Crippen LogP) is 3.80. The van der Waals surface area contributed by atoms with Crippen molar-refractivity contribution in [2.45, 2.75) is 23.7 Å². The van der Waals surface area contributed by atoms with Gasteiger partial charge in [0.05, 0.1) is 55.4 Å². The first-order valence-corrected chi connectivity index (χ1v) is 13.2. The first-order chi connectivity index (χ1) is 17.3. The first kappa shape index (κ1) is 25.4. The fraction of sp³-hybridized carbons (Fsp3) is 0.261. The summed E-state index contributed by atoms with van der Waals surface area (Å²) in [4.78, 5) is 13.0. The summed E-state index contributed by atoms with van der Waals surface area (Å²) in [5.41, 5.74) is 2.88. The normalized spacial score (nSPS) is 12.2. The Bertz CT molecular complexity index is 1450. The number of aromatic nitrogens is 3. The highest BCUT2D eigenvalue weighted by atomic mass is 32.2. The SMILES string of the molecule is COc1cc(Nc2nc3ccccc3nc2NS(=O)(=O)c2cncs2)c(OCCC(C)O)c(OC)c1. The molecule has 0 aliphatic rings. The second kappa shape index (κ2) is 10.9. The van der Waals surface area contributed by atoms with E-state index in [1.807, 2.05) is 0 Å². The third kappa shape index (κ3) is 5.75. The van der Waals surface area contributed by atoms with Crippen molar-refractivity contribution in [3.8, 4) is 17.2 Å². The number of para-hydroxylation sites is 2. The van der Waals surface area contributed by atoms with Crippen LogP contribution in [-0.4, -0.2) is 55.4 Å². The number of hydrogen-bond acceptors (Lipinski definition) is 11. The van der Waals surface area contributed by atoms with Crippen LogP contribution in [0.3, 0.4) is 0 Å². The summed E-state index contributed by atoms with van der Waals surface area (Å²) in [6.07, 6.45) is 1.10. The summed E-state index contributed by atoms with van der Waals surface area (Å²) in [6.45, 7) is 1.88. The van der Waals surface area contributed by atoms with Gasteiger partial charge in [0.25, 0.3) is 10.0 Å². The molecular formula is C23H25N5O6S2. The second-order valence-electron chi connectivity index (χ2n) is 7.65. The van der Waals surface area contributed by atoms with Gasteiger partial charge in [-0.3, -0.25) is 9.71 Å². The zero-order valence-electron chi connectivity index (χ0n) is 19.8. The number of nitrogens with zero attached hydrogens (tertiary/aromatic N) is 3. The van der Waals surface area contributed by atoms with E-state index in [0.717, 1.165) is 11.3 Å². The number of nitrogens with one attached hydrogen (secondary N) is 2. The molecule has 0 fully saturated rings. The largest absolute Gasteiger partial charge is 0.497 e. The Hall–Kier alpha value is -3.68. The zero-order chi connectivity index (χ0) is 25.7. The van der Waals surface area contributed by atoms with Gasteiger partial charge in [0.1, 0.15) is 5.75 Å².